The third kappa shape index (κ3) is 4.18. The van der Waals surface area contributed by atoms with Gasteiger partial charge in [0, 0.05) is 44.4 Å². The number of nitro groups is 1. The SMILES string of the molecule is Cc1cc2nc(N3CCN(C(=O)C=Cc4ccc([N+](=O)[O-])cc4)CC3)sc2cc1C. The lowest BCUT2D eigenvalue weighted by Crippen LogP contribution is -2.48. The van der Waals surface area contributed by atoms with E-state index in [-0.39, 0.29) is 11.6 Å². The maximum atomic E-state index is 12.5. The number of carbonyl (C=O) groups excluding carboxylic acids is 1. The molecule has 1 fully saturated rings. The second kappa shape index (κ2) is 8.23. The van der Waals surface area contributed by atoms with Crippen LogP contribution in [-0.2, 0) is 4.79 Å². The van der Waals surface area contributed by atoms with E-state index in [1.165, 1.54) is 34.0 Å². The van der Waals surface area contributed by atoms with E-state index in [2.05, 4.69) is 30.9 Å². The molecule has 0 spiro atoms. The molecule has 0 bridgehead atoms. The number of thiazole rings is 1. The number of benzene rings is 2. The molecule has 0 N–H and O–H groups in total. The van der Waals surface area contributed by atoms with Gasteiger partial charge in [-0.2, -0.15) is 0 Å². The Morgan fingerprint density at radius 2 is 1.77 bits per heavy atom. The maximum Gasteiger partial charge on any atom is 0.269 e. The summed E-state index contributed by atoms with van der Waals surface area (Å²) in [4.78, 5) is 31.6. The molecule has 0 aliphatic carbocycles. The zero-order valence-electron chi connectivity index (χ0n) is 16.9. The summed E-state index contributed by atoms with van der Waals surface area (Å²) in [7, 11) is 0. The van der Waals surface area contributed by atoms with Crippen LogP contribution in [0.2, 0.25) is 0 Å². The smallest absolute Gasteiger partial charge is 0.269 e. The molecular formula is C22H22N4O3S. The van der Waals surface area contributed by atoms with Crippen LogP contribution in [0.25, 0.3) is 16.3 Å². The average molecular weight is 423 g/mol. The summed E-state index contributed by atoms with van der Waals surface area (Å²) in [6, 6.07) is 10.5. The predicted molar refractivity (Wildman–Crippen MR) is 120 cm³/mol. The van der Waals surface area contributed by atoms with Crippen LogP contribution >= 0.6 is 11.3 Å². The molecule has 1 aromatic heterocycles. The molecule has 154 valence electrons. The van der Waals surface area contributed by atoms with Gasteiger partial charge < -0.3 is 9.80 Å². The molecule has 4 rings (SSSR count). The number of amides is 1. The molecule has 0 unspecified atom stereocenters. The number of aryl methyl sites for hydroxylation is 2. The van der Waals surface area contributed by atoms with Crippen LogP contribution in [0.15, 0.2) is 42.5 Å². The Kier molecular flexibility index (Phi) is 5.50. The number of rotatable bonds is 4. The Bertz CT molecular complexity index is 1090. The van der Waals surface area contributed by atoms with Gasteiger partial charge in [0.1, 0.15) is 0 Å². The Morgan fingerprint density at radius 1 is 1.10 bits per heavy atom. The number of aromatic nitrogens is 1. The monoisotopic (exact) mass is 422 g/mol. The van der Waals surface area contributed by atoms with Gasteiger partial charge in [-0.05, 0) is 60.9 Å². The van der Waals surface area contributed by atoms with Crippen molar-refractivity contribution in [3.05, 3.63) is 69.3 Å². The largest absolute Gasteiger partial charge is 0.345 e. The third-order valence-corrected chi connectivity index (χ3v) is 6.46. The lowest BCUT2D eigenvalue weighted by Gasteiger charge is -2.34. The van der Waals surface area contributed by atoms with Gasteiger partial charge in [-0.3, -0.25) is 14.9 Å². The van der Waals surface area contributed by atoms with Crippen LogP contribution in [0.3, 0.4) is 0 Å². The summed E-state index contributed by atoms with van der Waals surface area (Å²) >= 11 is 1.70. The van der Waals surface area contributed by atoms with Crippen molar-refractivity contribution in [2.24, 2.45) is 0 Å². The maximum absolute atomic E-state index is 12.5. The fourth-order valence-electron chi connectivity index (χ4n) is 3.40. The van der Waals surface area contributed by atoms with Gasteiger partial charge in [-0.15, -0.1) is 0 Å². The number of hydrogen-bond donors (Lipinski definition) is 0. The van der Waals surface area contributed by atoms with Crippen LogP contribution in [0, 0.1) is 24.0 Å². The first kappa shape index (κ1) is 20.0. The molecule has 8 heteroatoms. The van der Waals surface area contributed by atoms with E-state index >= 15 is 0 Å². The van der Waals surface area contributed by atoms with Gasteiger partial charge in [0.15, 0.2) is 5.13 Å². The summed E-state index contributed by atoms with van der Waals surface area (Å²) < 4.78 is 1.19. The minimum Gasteiger partial charge on any atom is -0.345 e. The summed E-state index contributed by atoms with van der Waals surface area (Å²) in [5.74, 6) is -0.0523. The van der Waals surface area contributed by atoms with E-state index in [1.54, 1.807) is 29.5 Å². The van der Waals surface area contributed by atoms with Gasteiger partial charge in [-0.1, -0.05) is 11.3 Å². The molecule has 0 saturated carbocycles. The van der Waals surface area contributed by atoms with Crippen molar-refractivity contribution in [3.8, 4) is 0 Å². The van der Waals surface area contributed by atoms with Crippen molar-refractivity contribution in [3.63, 3.8) is 0 Å². The fourth-order valence-corrected chi connectivity index (χ4v) is 4.50. The molecule has 3 aromatic rings. The number of nitrogens with zero attached hydrogens (tertiary/aromatic N) is 4. The van der Waals surface area contributed by atoms with Crippen LogP contribution in [-0.4, -0.2) is 46.9 Å². The Labute approximate surface area is 178 Å². The summed E-state index contributed by atoms with van der Waals surface area (Å²) in [6.45, 7) is 6.98. The van der Waals surface area contributed by atoms with Crippen molar-refractivity contribution >= 4 is 44.4 Å². The molecule has 0 atom stereocenters. The van der Waals surface area contributed by atoms with Crippen molar-refractivity contribution in [2.75, 3.05) is 31.1 Å². The normalized spacial score (nSPS) is 14.6. The minimum atomic E-state index is -0.439. The van der Waals surface area contributed by atoms with Gasteiger partial charge in [0.2, 0.25) is 5.91 Å². The second-order valence-corrected chi connectivity index (χ2v) is 8.40. The van der Waals surface area contributed by atoms with E-state index in [4.69, 9.17) is 4.98 Å². The van der Waals surface area contributed by atoms with Crippen LogP contribution in [0.1, 0.15) is 16.7 Å². The Hall–Kier alpha value is -3.26. The molecule has 7 nitrogen and oxygen atoms in total. The summed E-state index contributed by atoms with van der Waals surface area (Å²) in [6.07, 6.45) is 3.22. The van der Waals surface area contributed by atoms with Crippen LogP contribution in [0.4, 0.5) is 10.8 Å². The molecular weight excluding hydrogens is 400 g/mol. The Balaban J connectivity index is 1.37. The fraction of sp³-hybridized carbons (Fsp3) is 0.273. The van der Waals surface area contributed by atoms with Gasteiger partial charge in [-0.25, -0.2) is 4.98 Å². The molecule has 30 heavy (non-hydrogen) atoms. The lowest BCUT2D eigenvalue weighted by molar-refractivity contribution is -0.384. The average Bonchev–Trinajstić information content (AvgIpc) is 3.15. The molecule has 0 radical (unpaired) electrons. The van der Waals surface area contributed by atoms with E-state index in [0.717, 1.165) is 29.3 Å². The number of nitro benzene ring substituents is 1. The van der Waals surface area contributed by atoms with Crippen molar-refractivity contribution < 1.29 is 9.72 Å². The van der Waals surface area contributed by atoms with Gasteiger partial charge >= 0.3 is 0 Å². The van der Waals surface area contributed by atoms with E-state index in [0.29, 0.717) is 13.1 Å². The molecule has 2 heterocycles. The van der Waals surface area contributed by atoms with Gasteiger partial charge in [0.25, 0.3) is 5.69 Å². The predicted octanol–water partition coefficient (Wildman–Crippen LogP) is 4.18. The van der Waals surface area contributed by atoms with Crippen LogP contribution in [0.5, 0.6) is 0 Å². The van der Waals surface area contributed by atoms with Crippen molar-refractivity contribution in [1.82, 2.24) is 9.88 Å². The standard InChI is InChI=1S/C22H22N4O3S/c1-15-13-19-20(14-16(15)2)30-22(23-19)25-11-9-24(10-12-25)21(27)8-5-17-3-6-18(7-4-17)26(28)29/h3-8,13-14H,9-12H2,1-2H3. The molecule has 1 aliphatic heterocycles. The number of fused-ring (bicyclic) bond motifs is 1. The molecule has 2 aromatic carbocycles. The van der Waals surface area contributed by atoms with Gasteiger partial charge in [0.05, 0.1) is 15.1 Å². The third-order valence-electron chi connectivity index (χ3n) is 5.38. The van der Waals surface area contributed by atoms with Crippen molar-refractivity contribution in [1.29, 1.82) is 0 Å². The first-order valence-corrected chi connectivity index (χ1v) is 10.6. The number of carbonyl (C=O) groups is 1. The summed E-state index contributed by atoms with van der Waals surface area (Å²) in [5.41, 5.74) is 4.34. The molecule has 1 amide bonds. The Morgan fingerprint density at radius 3 is 2.43 bits per heavy atom. The quantitative estimate of drug-likeness (QED) is 0.358. The highest BCUT2D eigenvalue weighted by Crippen LogP contribution is 2.31. The topological polar surface area (TPSA) is 79.6 Å². The van der Waals surface area contributed by atoms with E-state index in [9.17, 15) is 14.9 Å². The minimum absolute atomic E-state index is 0.0368. The zero-order valence-corrected chi connectivity index (χ0v) is 17.7. The first-order valence-electron chi connectivity index (χ1n) is 9.75. The number of anilines is 1. The zero-order chi connectivity index (χ0) is 21.3. The van der Waals surface area contributed by atoms with Crippen LogP contribution < -0.4 is 4.90 Å². The second-order valence-electron chi connectivity index (χ2n) is 7.39. The van der Waals surface area contributed by atoms with Crippen molar-refractivity contribution in [2.45, 2.75) is 13.8 Å². The first-order chi connectivity index (χ1) is 14.4. The summed E-state index contributed by atoms with van der Waals surface area (Å²) in [5, 5.41) is 11.7. The van der Waals surface area contributed by atoms with E-state index in [1.807, 2.05) is 4.90 Å². The number of hydrogen-bond acceptors (Lipinski definition) is 6. The molecule has 1 aliphatic rings. The van der Waals surface area contributed by atoms with E-state index < -0.39 is 4.92 Å². The highest BCUT2D eigenvalue weighted by molar-refractivity contribution is 7.22. The highest BCUT2D eigenvalue weighted by Gasteiger charge is 2.22. The highest BCUT2D eigenvalue weighted by atomic mass is 32.1. The number of non-ortho nitro benzene ring substituents is 1. The number of piperazine rings is 1. The lowest BCUT2D eigenvalue weighted by atomic mass is 10.1. The molecule has 1 saturated heterocycles.